The Bertz CT molecular complexity index is 1170. The summed E-state index contributed by atoms with van der Waals surface area (Å²) in [7, 11) is 0. The average Bonchev–Trinajstić information content (AvgIpc) is 3.41. The van der Waals surface area contributed by atoms with E-state index in [-0.39, 0.29) is 29.3 Å². The van der Waals surface area contributed by atoms with E-state index >= 15 is 0 Å². The first-order valence-electron chi connectivity index (χ1n) is 9.98. The van der Waals surface area contributed by atoms with E-state index in [1.807, 2.05) is 37.3 Å². The topological polar surface area (TPSA) is 106 Å². The molecule has 1 aromatic heterocycles. The summed E-state index contributed by atoms with van der Waals surface area (Å²) in [4.78, 5) is 50.8. The number of nitrogens with zero attached hydrogens (tertiary/aromatic N) is 1. The molecule has 1 atom stereocenters. The lowest BCUT2D eigenvalue weighted by atomic mass is 10.1. The fourth-order valence-electron chi connectivity index (χ4n) is 3.44. The van der Waals surface area contributed by atoms with Gasteiger partial charge in [-0.1, -0.05) is 30.3 Å². The number of benzene rings is 2. The first kappa shape index (κ1) is 21.0. The molecule has 0 radical (unpaired) electrons. The Balaban J connectivity index is 1.37. The van der Waals surface area contributed by atoms with Crippen molar-refractivity contribution in [1.29, 1.82) is 0 Å². The minimum atomic E-state index is -0.764. The van der Waals surface area contributed by atoms with Crippen molar-refractivity contribution in [3.8, 4) is 0 Å². The zero-order valence-electron chi connectivity index (χ0n) is 17.2. The van der Waals surface area contributed by atoms with Crippen molar-refractivity contribution in [2.24, 2.45) is 0 Å². The highest BCUT2D eigenvalue weighted by atomic mass is 16.5. The van der Waals surface area contributed by atoms with Crippen LogP contribution < -0.4 is 5.32 Å². The number of hydrogen-bond donors (Lipinski definition) is 1. The number of imide groups is 1. The van der Waals surface area contributed by atoms with Crippen molar-refractivity contribution in [3.63, 3.8) is 0 Å². The molecular formula is C24H20N2O6. The van der Waals surface area contributed by atoms with Gasteiger partial charge in [0.05, 0.1) is 35.5 Å². The average molecular weight is 432 g/mol. The predicted molar refractivity (Wildman–Crippen MR) is 113 cm³/mol. The number of carbonyl (C=O) groups is 4. The highest BCUT2D eigenvalue weighted by Crippen LogP contribution is 2.26. The Kier molecular flexibility index (Phi) is 5.85. The maximum atomic E-state index is 12.7. The van der Waals surface area contributed by atoms with E-state index in [2.05, 4.69) is 5.32 Å². The third kappa shape index (κ3) is 4.29. The van der Waals surface area contributed by atoms with Crippen LogP contribution in [0.25, 0.3) is 0 Å². The van der Waals surface area contributed by atoms with Crippen molar-refractivity contribution in [3.05, 3.63) is 94.9 Å². The zero-order chi connectivity index (χ0) is 22.7. The minimum Gasteiger partial charge on any atom is -0.467 e. The Morgan fingerprint density at radius 3 is 2.47 bits per heavy atom. The Hall–Kier alpha value is -4.20. The van der Waals surface area contributed by atoms with Gasteiger partial charge in [0, 0.05) is 0 Å². The van der Waals surface area contributed by atoms with Crippen LogP contribution in [-0.4, -0.2) is 35.2 Å². The van der Waals surface area contributed by atoms with Crippen LogP contribution in [0.4, 0.5) is 0 Å². The number of fused-ring (bicyclic) bond motifs is 1. The molecule has 1 unspecified atom stereocenters. The summed E-state index contributed by atoms with van der Waals surface area (Å²) >= 11 is 0. The molecule has 1 aliphatic rings. The number of nitrogens with one attached hydrogen (secondary N) is 1. The van der Waals surface area contributed by atoms with Crippen molar-refractivity contribution < 1.29 is 28.3 Å². The molecule has 162 valence electrons. The lowest BCUT2D eigenvalue weighted by molar-refractivity contribution is -0.124. The number of hydrogen-bond acceptors (Lipinski definition) is 6. The predicted octanol–water partition coefficient (Wildman–Crippen LogP) is 3.11. The largest absolute Gasteiger partial charge is 0.467 e. The summed E-state index contributed by atoms with van der Waals surface area (Å²) < 4.78 is 10.3. The molecule has 0 fully saturated rings. The third-order valence-electron chi connectivity index (χ3n) is 5.11. The van der Waals surface area contributed by atoms with Crippen LogP contribution in [0.15, 0.2) is 71.3 Å². The van der Waals surface area contributed by atoms with Crippen LogP contribution >= 0.6 is 0 Å². The van der Waals surface area contributed by atoms with Gasteiger partial charge in [0.25, 0.3) is 17.7 Å². The van der Waals surface area contributed by atoms with E-state index in [1.54, 1.807) is 12.1 Å². The summed E-state index contributed by atoms with van der Waals surface area (Å²) in [5.41, 5.74) is 1.31. The molecule has 4 rings (SSSR count). The van der Waals surface area contributed by atoms with Crippen molar-refractivity contribution >= 4 is 23.7 Å². The fraction of sp³-hybridized carbons (Fsp3) is 0.167. The smallest absolute Gasteiger partial charge is 0.338 e. The molecule has 3 amide bonds. The maximum Gasteiger partial charge on any atom is 0.338 e. The summed E-state index contributed by atoms with van der Waals surface area (Å²) in [5.74, 6) is -1.73. The van der Waals surface area contributed by atoms with Crippen molar-refractivity contribution in [2.75, 3.05) is 6.61 Å². The maximum absolute atomic E-state index is 12.7. The normalized spacial score (nSPS) is 13.6. The molecule has 0 aliphatic carbocycles. The lowest BCUT2D eigenvalue weighted by Crippen LogP contribution is -2.31. The number of furan rings is 1. The number of esters is 1. The molecule has 8 heteroatoms. The van der Waals surface area contributed by atoms with Gasteiger partial charge in [0.2, 0.25) is 0 Å². The van der Waals surface area contributed by atoms with Crippen molar-refractivity contribution in [2.45, 2.75) is 19.5 Å². The van der Waals surface area contributed by atoms with Gasteiger partial charge in [-0.2, -0.15) is 0 Å². The third-order valence-corrected chi connectivity index (χ3v) is 5.11. The van der Waals surface area contributed by atoms with Gasteiger partial charge < -0.3 is 14.5 Å². The van der Waals surface area contributed by atoms with E-state index in [0.29, 0.717) is 5.76 Å². The molecule has 0 spiro atoms. The molecular weight excluding hydrogens is 412 g/mol. The van der Waals surface area contributed by atoms with E-state index in [9.17, 15) is 19.2 Å². The second-order valence-corrected chi connectivity index (χ2v) is 7.31. The molecule has 0 bridgehead atoms. The standard InChI is InChI=1S/C24H20N2O6/c1-15(16-6-3-2-4-7-16)25-21(27)14-32-24(30)17-9-10-19-20(12-17)23(29)26(22(19)28)13-18-8-5-11-31-18/h2-12,15H,13-14H2,1H3,(H,25,27). The lowest BCUT2D eigenvalue weighted by Gasteiger charge is -2.14. The van der Waals surface area contributed by atoms with Gasteiger partial charge in [-0.15, -0.1) is 0 Å². The number of ether oxygens (including phenoxy) is 1. The summed E-state index contributed by atoms with van der Waals surface area (Å²) in [5, 5.41) is 2.75. The van der Waals surface area contributed by atoms with E-state index < -0.39 is 30.3 Å². The number of carbonyl (C=O) groups excluding carboxylic acids is 4. The highest BCUT2D eigenvalue weighted by Gasteiger charge is 2.36. The Morgan fingerprint density at radius 1 is 1.00 bits per heavy atom. The van der Waals surface area contributed by atoms with Crippen LogP contribution in [0.3, 0.4) is 0 Å². The first-order chi connectivity index (χ1) is 15.4. The quantitative estimate of drug-likeness (QED) is 0.454. The molecule has 2 aromatic carbocycles. The van der Waals surface area contributed by atoms with Gasteiger partial charge in [-0.25, -0.2) is 4.79 Å². The molecule has 1 N–H and O–H groups in total. The Labute approximate surface area is 183 Å². The first-order valence-corrected chi connectivity index (χ1v) is 9.98. The van der Waals surface area contributed by atoms with E-state index in [1.165, 1.54) is 24.5 Å². The molecule has 1 aliphatic heterocycles. The van der Waals surface area contributed by atoms with Crippen LogP contribution in [0.5, 0.6) is 0 Å². The molecule has 2 heterocycles. The van der Waals surface area contributed by atoms with Gasteiger partial charge in [0.15, 0.2) is 6.61 Å². The second-order valence-electron chi connectivity index (χ2n) is 7.31. The van der Waals surface area contributed by atoms with E-state index in [4.69, 9.17) is 9.15 Å². The van der Waals surface area contributed by atoms with Crippen molar-refractivity contribution in [1.82, 2.24) is 10.2 Å². The van der Waals surface area contributed by atoms with Crippen LogP contribution in [0.1, 0.15) is 55.4 Å². The summed E-state index contributed by atoms with van der Waals surface area (Å²) in [6, 6.07) is 16.6. The SMILES string of the molecule is CC(NC(=O)COC(=O)c1ccc2c(c1)C(=O)N(Cc1ccco1)C2=O)c1ccccc1. The highest BCUT2D eigenvalue weighted by molar-refractivity contribution is 6.21. The zero-order valence-corrected chi connectivity index (χ0v) is 17.2. The molecule has 3 aromatic rings. The minimum absolute atomic E-state index is 0.00109. The Morgan fingerprint density at radius 2 is 1.75 bits per heavy atom. The van der Waals surface area contributed by atoms with Crippen LogP contribution in [-0.2, 0) is 16.1 Å². The van der Waals surface area contributed by atoms with Crippen LogP contribution in [0.2, 0.25) is 0 Å². The molecule has 0 saturated carbocycles. The van der Waals surface area contributed by atoms with Crippen LogP contribution in [0, 0.1) is 0 Å². The number of amides is 3. The van der Waals surface area contributed by atoms with Gasteiger partial charge >= 0.3 is 5.97 Å². The fourth-order valence-corrected chi connectivity index (χ4v) is 3.44. The van der Waals surface area contributed by atoms with Gasteiger partial charge in [-0.3, -0.25) is 19.3 Å². The van der Waals surface area contributed by atoms with Gasteiger partial charge in [-0.05, 0) is 42.8 Å². The second kappa shape index (κ2) is 8.89. The van der Waals surface area contributed by atoms with Gasteiger partial charge in [0.1, 0.15) is 5.76 Å². The molecule has 8 nitrogen and oxygen atoms in total. The molecule has 0 saturated heterocycles. The summed E-state index contributed by atoms with van der Waals surface area (Å²) in [6.45, 7) is 1.36. The summed E-state index contributed by atoms with van der Waals surface area (Å²) in [6.07, 6.45) is 1.46. The van der Waals surface area contributed by atoms with E-state index in [0.717, 1.165) is 10.5 Å². The monoisotopic (exact) mass is 432 g/mol. The number of rotatable bonds is 7. The molecule has 32 heavy (non-hydrogen) atoms.